The Morgan fingerprint density at radius 1 is 1.28 bits per heavy atom. The van der Waals surface area contributed by atoms with Crippen molar-refractivity contribution in [3.8, 4) is 5.75 Å². The number of Topliss-reactive ketones (excluding diaryl/α,β-unsaturated/α-hetero) is 1. The monoisotopic (exact) mass is 250 g/mol. The minimum atomic E-state index is -0.935. The molecule has 0 atom stereocenters. The van der Waals surface area contributed by atoms with E-state index in [1.54, 1.807) is 18.2 Å². The summed E-state index contributed by atoms with van der Waals surface area (Å²) < 4.78 is 0. The zero-order chi connectivity index (χ0) is 14.1. The number of phenols is 1. The molecule has 2 N–H and O–H groups in total. The summed E-state index contributed by atoms with van der Waals surface area (Å²) in [5, 5.41) is 17.2. The van der Waals surface area contributed by atoms with Crippen molar-refractivity contribution in [2.24, 2.45) is 0 Å². The predicted molar refractivity (Wildman–Crippen MR) is 69.6 cm³/mol. The Morgan fingerprint density at radius 3 is 2.17 bits per heavy atom. The molecule has 0 radical (unpaired) electrons. The van der Waals surface area contributed by atoms with Crippen LogP contribution in [0.2, 0.25) is 0 Å². The molecule has 4 nitrogen and oxygen atoms in total. The standard InChI is InChI=1S/C10H12O2.C4H6O2/c1-2-9(11)7-8-5-3-4-6-10(8)12;1-3(2)4(5)6/h3-6,12H,2,7H2,1H3;1H2,2H3,(H,5,6). The predicted octanol–water partition coefficient (Wildman–Crippen LogP) is 2.56. The molecule has 0 spiro atoms. The molecule has 0 aliphatic rings. The molecule has 0 aromatic heterocycles. The zero-order valence-electron chi connectivity index (χ0n) is 10.6. The van der Waals surface area contributed by atoms with Crippen LogP contribution in [-0.4, -0.2) is 22.0 Å². The Labute approximate surface area is 107 Å². The third-order valence-electron chi connectivity index (χ3n) is 2.14. The van der Waals surface area contributed by atoms with Gasteiger partial charge in [0.2, 0.25) is 0 Å². The van der Waals surface area contributed by atoms with Gasteiger partial charge in [-0.3, -0.25) is 4.79 Å². The Bertz CT molecular complexity index is 423. The number of ketones is 1. The maximum atomic E-state index is 11.0. The fourth-order valence-corrected chi connectivity index (χ4v) is 0.998. The Balaban J connectivity index is 0.000000411. The van der Waals surface area contributed by atoms with E-state index in [1.807, 2.05) is 13.0 Å². The second-order valence-corrected chi connectivity index (χ2v) is 3.78. The number of benzene rings is 1. The third kappa shape index (κ3) is 6.48. The van der Waals surface area contributed by atoms with Gasteiger partial charge in [0.25, 0.3) is 0 Å². The van der Waals surface area contributed by atoms with Crippen LogP contribution >= 0.6 is 0 Å². The van der Waals surface area contributed by atoms with E-state index < -0.39 is 5.97 Å². The van der Waals surface area contributed by atoms with Crippen molar-refractivity contribution >= 4 is 11.8 Å². The quantitative estimate of drug-likeness (QED) is 0.805. The molecule has 0 heterocycles. The highest BCUT2D eigenvalue weighted by Gasteiger charge is 2.03. The number of rotatable bonds is 4. The van der Waals surface area contributed by atoms with Crippen molar-refractivity contribution in [3.63, 3.8) is 0 Å². The van der Waals surface area contributed by atoms with Crippen molar-refractivity contribution in [3.05, 3.63) is 42.0 Å². The lowest BCUT2D eigenvalue weighted by Crippen LogP contribution is -1.99. The number of para-hydroxylation sites is 1. The number of aliphatic carboxylic acids is 1. The van der Waals surface area contributed by atoms with Gasteiger partial charge in [0.15, 0.2) is 0 Å². The van der Waals surface area contributed by atoms with Gasteiger partial charge in [0, 0.05) is 24.0 Å². The van der Waals surface area contributed by atoms with Crippen molar-refractivity contribution in [1.29, 1.82) is 0 Å². The molecule has 4 heteroatoms. The number of aromatic hydroxyl groups is 1. The molecule has 1 rings (SSSR count). The fourth-order valence-electron chi connectivity index (χ4n) is 0.998. The van der Waals surface area contributed by atoms with Gasteiger partial charge in [-0.1, -0.05) is 31.7 Å². The first kappa shape index (κ1) is 15.9. The Hall–Kier alpha value is -2.10. The first-order valence-corrected chi connectivity index (χ1v) is 5.55. The Morgan fingerprint density at radius 2 is 1.78 bits per heavy atom. The number of carboxylic acids is 1. The van der Waals surface area contributed by atoms with Crippen LogP contribution in [-0.2, 0) is 16.0 Å². The number of phenolic OH excluding ortho intramolecular Hbond substituents is 1. The van der Waals surface area contributed by atoms with E-state index in [9.17, 15) is 14.7 Å². The van der Waals surface area contributed by atoms with Gasteiger partial charge in [0.05, 0.1) is 0 Å². The molecule has 18 heavy (non-hydrogen) atoms. The highest BCUT2D eigenvalue weighted by atomic mass is 16.4. The molecular formula is C14H18O4. The largest absolute Gasteiger partial charge is 0.508 e. The van der Waals surface area contributed by atoms with Crippen LogP contribution < -0.4 is 0 Å². The number of carbonyl (C=O) groups is 2. The van der Waals surface area contributed by atoms with Crippen molar-refractivity contribution in [1.82, 2.24) is 0 Å². The summed E-state index contributed by atoms with van der Waals surface area (Å²) in [6.07, 6.45) is 0.859. The lowest BCUT2D eigenvalue weighted by atomic mass is 10.1. The number of hydrogen-bond acceptors (Lipinski definition) is 3. The van der Waals surface area contributed by atoms with E-state index in [0.29, 0.717) is 18.4 Å². The van der Waals surface area contributed by atoms with E-state index in [4.69, 9.17) is 5.11 Å². The number of carboxylic acid groups (broad SMARTS) is 1. The van der Waals surface area contributed by atoms with Crippen LogP contribution in [0, 0.1) is 0 Å². The first-order valence-electron chi connectivity index (χ1n) is 5.55. The summed E-state index contributed by atoms with van der Waals surface area (Å²) in [4.78, 5) is 20.6. The van der Waals surface area contributed by atoms with Gasteiger partial charge in [0.1, 0.15) is 11.5 Å². The molecule has 0 fully saturated rings. The molecule has 0 aliphatic heterocycles. The second-order valence-electron chi connectivity index (χ2n) is 3.78. The summed E-state index contributed by atoms with van der Waals surface area (Å²) in [6.45, 7) is 6.42. The molecule has 1 aromatic rings. The van der Waals surface area contributed by atoms with Crippen LogP contribution in [0.1, 0.15) is 25.8 Å². The van der Waals surface area contributed by atoms with Crippen LogP contribution in [0.4, 0.5) is 0 Å². The molecule has 0 saturated heterocycles. The average Bonchev–Trinajstić information content (AvgIpc) is 2.32. The summed E-state index contributed by atoms with van der Waals surface area (Å²) in [6, 6.07) is 6.93. The van der Waals surface area contributed by atoms with Crippen molar-refractivity contribution in [2.45, 2.75) is 26.7 Å². The average molecular weight is 250 g/mol. The summed E-state index contributed by atoms with van der Waals surface area (Å²) >= 11 is 0. The van der Waals surface area contributed by atoms with Gasteiger partial charge in [-0.2, -0.15) is 0 Å². The van der Waals surface area contributed by atoms with Crippen LogP contribution in [0.15, 0.2) is 36.4 Å². The normalized spacial score (nSPS) is 9.00. The van der Waals surface area contributed by atoms with E-state index in [2.05, 4.69) is 6.58 Å². The van der Waals surface area contributed by atoms with Crippen molar-refractivity contribution < 1.29 is 19.8 Å². The Kier molecular flexibility index (Phi) is 7.12. The molecule has 0 bridgehead atoms. The maximum Gasteiger partial charge on any atom is 0.330 e. The topological polar surface area (TPSA) is 74.6 Å². The van der Waals surface area contributed by atoms with Crippen LogP contribution in [0.25, 0.3) is 0 Å². The van der Waals surface area contributed by atoms with Crippen molar-refractivity contribution in [2.75, 3.05) is 0 Å². The third-order valence-corrected chi connectivity index (χ3v) is 2.14. The highest BCUT2D eigenvalue weighted by molar-refractivity contribution is 5.84. The van der Waals surface area contributed by atoms with E-state index in [0.717, 1.165) is 0 Å². The molecule has 0 amide bonds. The van der Waals surface area contributed by atoms with E-state index >= 15 is 0 Å². The first-order chi connectivity index (χ1) is 8.38. The summed E-state index contributed by atoms with van der Waals surface area (Å²) in [7, 11) is 0. The lowest BCUT2D eigenvalue weighted by molar-refractivity contribution is -0.132. The molecule has 98 valence electrons. The molecular weight excluding hydrogens is 232 g/mol. The molecule has 0 saturated carbocycles. The summed E-state index contributed by atoms with van der Waals surface area (Å²) in [5.74, 6) is -0.578. The van der Waals surface area contributed by atoms with Gasteiger partial charge in [-0.15, -0.1) is 0 Å². The smallest absolute Gasteiger partial charge is 0.330 e. The minimum absolute atomic E-state index is 0.150. The SMILES string of the molecule is C=C(C)C(=O)O.CCC(=O)Cc1ccccc1O. The zero-order valence-corrected chi connectivity index (χ0v) is 10.6. The number of hydrogen-bond donors (Lipinski definition) is 2. The fraction of sp³-hybridized carbons (Fsp3) is 0.286. The molecule has 1 aromatic carbocycles. The van der Waals surface area contributed by atoms with Crippen LogP contribution in [0.3, 0.4) is 0 Å². The lowest BCUT2D eigenvalue weighted by Gasteiger charge is -2.00. The summed E-state index contributed by atoms with van der Waals surface area (Å²) in [5.41, 5.74) is 0.888. The van der Waals surface area contributed by atoms with E-state index in [1.165, 1.54) is 6.92 Å². The molecule has 0 aliphatic carbocycles. The van der Waals surface area contributed by atoms with E-state index in [-0.39, 0.29) is 17.1 Å². The second kappa shape index (κ2) is 8.06. The van der Waals surface area contributed by atoms with Gasteiger partial charge < -0.3 is 10.2 Å². The minimum Gasteiger partial charge on any atom is -0.508 e. The molecule has 0 unspecified atom stereocenters. The number of carbonyl (C=O) groups excluding carboxylic acids is 1. The van der Waals surface area contributed by atoms with Crippen LogP contribution in [0.5, 0.6) is 5.75 Å². The maximum absolute atomic E-state index is 11.0. The van der Waals surface area contributed by atoms with Gasteiger partial charge in [-0.25, -0.2) is 4.79 Å². The van der Waals surface area contributed by atoms with Gasteiger partial charge >= 0.3 is 5.97 Å². The van der Waals surface area contributed by atoms with Gasteiger partial charge in [-0.05, 0) is 13.0 Å². The highest BCUT2D eigenvalue weighted by Crippen LogP contribution is 2.16.